The molecule has 0 aromatic heterocycles. The molecular weight excluding hydrogens is 230 g/mol. The molecule has 0 bridgehead atoms. The Balaban J connectivity index is 3.87. The first-order chi connectivity index (χ1) is 4.74. The van der Waals surface area contributed by atoms with Gasteiger partial charge in [-0.1, -0.05) is 0 Å². The van der Waals surface area contributed by atoms with Crippen LogP contribution in [-0.2, 0) is 0 Å². The Kier molecular flexibility index (Phi) is 6.78. The molecule has 0 atom stereocenters. The van der Waals surface area contributed by atoms with E-state index in [0.29, 0.717) is 22.4 Å². The Labute approximate surface area is 82.8 Å². The molecule has 0 aliphatic carbocycles. The van der Waals surface area contributed by atoms with Gasteiger partial charge in [0.25, 0.3) is 0 Å². The van der Waals surface area contributed by atoms with E-state index in [4.69, 9.17) is 46.4 Å². The van der Waals surface area contributed by atoms with Crippen molar-refractivity contribution in [2.75, 3.05) is 22.4 Å². The molecule has 5 heteroatoms. The van der Waals surface area contributed by atoms with Crippen molar-refractivity contribution in [2.24, 2.45) is 0 Å². The van der Waals surface area contributed by atoms with Gasteiger partial charge in [0.05, 0.1) is 0 Å². The second-order valence-electron chi connectivity index (χ2n) is 2.34. The maximum absolute atomic E-state index is 5.74. The van der Waals surface area contributed by atoms with E-state index in [2.05, 4.69) is 0 Å². The van der Waals surface area contributed by atoms with Gasteiger partial charge in [-0.3, -0.25) is 0 Å². The quantitative estimate of drug-likeness (QED) is 0.511. The van der Waals surface area contributed by atoms with Crippen LogP contribution in [-0.4, -0.2) is 30.5 Å². The van der Waals surface area contributed by atoms with Crippen LogP contribution in [0.5, 0.6) is 0 Å². The molecule has 0 aromatic carbocycles. The third kappa shape index (κ3) is 3.18. The maximum Gasteiger partial charge on any atom is 0.102 e. The Morgan fingerprint density at radius 2 is 1.20 bits per heavy atom. The van der Waals surface area contributed by atoms with Crippen LogP contribution in [0.25, 0.3) is 0 Å². The zero-order valence-electron chi connectivity index (χ0n) is 5.55. The van der Waals surface area contributed by atoms with E-state index in [-0.39, 0.29) is 0 Å². The molecule has 0 unspecified atom stereocenters. The van der Waals surface area contributed by atoms with Crippen molar-refractivity contribution in [1.29, 1.82) is 0 Å². The average molecular weight is 240 g/mol. The van der Waals surface area contributed by atoms with Crippen LogP contribution in [0, 0.1) is 0 Å². The normalized spacial score (nSPS) is 12.0. The van der Waals surface area contributed by atoms with Crippen molar-refractivity contribution in [3.63, 3.8) is 0 Å². The van der Waals surface area contributed by atoms with E-state index in [1.807, 2.05) is 0 Å². The van der Waals surface area contributed by atoms with Crippen molar-refractivity contribution in [3.8, 4) is 0 Å². The Morgan fingerprint density at radius 1 is 0.800 bits per heavy atom. The molecular formula is C5H10Cl4Si. The van der Waals surface area contributed by atoms with Crippen molar-refractivity contribution < 1.29 is 0 Å². The van der Waals surface area contributed by atoms with Gasteiger partial charge in [-0.05, 0) is 6.04 Å². The van der Waals surface area contributed by atoms with Gasteiger partial charge in [0, 0.05) is 22.4 Å². The van der Waals surface area contributed by atoms with E-state index in [1.54, 1.807) is 0 Å². The summed E-state index contributed by atoms with van der Waals surface area (Å²) >= 11 is 22.8. The van der Waals surface area contributed by atoms with E-state index in [1.165, 1.54) is 0 Å². The summed E-state index contributed by atoms with van der Waals surface area (Å²) in [7, 11) is -1.55. The van der Waals surface area contributed by atoms with E-state index < -0.39 is 8.07 Å². The lowest BCUT2D eigenvalue weighted by Crippen LogP contribution is -2.43. The van der Waals surface area contributed by atoms with Crippen LogP contribution in [0.4, 0.5) is 0 Å². The van der Waals surface area contributed by atoms with Gasteiger partial charge in [0.1, 0.15) is 8.07 Å². The summed E-state index contributed by atoms with van der Waals surface area (Å²) in [5, 5.41) is 0. The molecule has 0 rings (SSSR count). The molecule has 0 N–H and O–H groups in total. The van der Waals surface area contributed by atoms with Gasteiger partial charge < -0.3 is 0 Å². The van der Waals surface area contributed by atoms with Crippen LogP contribution >= 0.6 is 46.4 Å². The van der Waals surface area contributed by atoms with Gasteiger partial charge in [-0.2, -0.15) is 0 Å². The molecule has 0 aromatic rings. The maximum atomic E-state index is 5.74. The van der Waals surface area contributed by atoms with E-state index >= 15 is 0 Å². The monoisotopic (exact) mass is 238 g/mol. The summed E-state index contributed by atoms with van der Waals surface area (Å²) in [5.41, 5.74) is 1.85. The molecule has 0 spiro atoms. The second kappa shape index (κ2) is 5.96. The highest BCUT2D eigenvalue weighted by Crippen LogP contribution is 2.16. The molecule has 0 aliphatic heterocycles. The largest absolute Gasteiger partial charge is 0.130 e. The predicted molar refractivity (Wildman–Crippen MR) is 53.4 cm³/mol. The SMILES string of the molecule is ClCC[Si](CCl)(CCl)CCl. The summed E-state index contributed by atoms with van der Waals surface area (Å²) in [6.45, 7) is 0. The third-order valence-corrected chi connectivity index (χ3v) is 10.1. The number of rotatable bonds is 5. The van der Waals surface area contributed by atoms with Crippen LogP contribution in [0.1, 0.15) is 0 Å². The highest BCUT2D eigenvalue weighted by atomic mass is 35.5. The first-order valence-corrected chi connectivity index (χ1v) is 7.95. The molecule has 62 valence electrons. The molecule has 0 heterocycles. The Bertz CT molecular complexity index is 75.5. The number of halogens is 4. The zero-order valence-corrected chi connectivity index (χ0v) is 9.57. The van der Waals surface area contributed by atoms with Crippen LogP contribution in [0.15, 0.2) is 0 Å². The molecule has 0 saturated heterocycles. The van der Waals surface area contributed by atoms with Gasteiger partial charge in [-0.25, -0.2) is 0 Å². The molecule has 10 heavy (non-hydrogen) atoms. The second-order valence-corrected chi connectivity index (χ2v) is 9.42. The number of hydrogen-bond acceptors (Lipinski definition) is 0. The van der Waals surface area contributed by atoms with Crippen molar-refractivity contribution in [3.05, 3.63) is 0 Å². The topological polar surface area (TPSA) is 0 Å². The molecule has 0 radical (unpaired) electrons. The van der Waals surface area contributed by atoms with Gasteiger partial charge in [0.15, 0.2) is 0 Å². The van der Waals surface area contributed by atoms with Crippen molar-refractivity contribution in [1.82, 2.24) is 0 Å². The number of alkyl halides is 4. The molecule has 0 fully saturated rings. The lowest BCUT2D eigenvalue weighted by atomic mass is 11.0. The summed E-state index contributed by atoms with van der Waals surface area (Å²) in [5.74, 6) is 0.623. The molecule has 0 nitrogen and oxygen atoms in total. The van der Waals surface area contributed by atoms with Crippen molar-refractivity contribution in [2.45, 2.75) is 6.04 Å². The summed E-state index contributed by atoms with van der Waals surface area (Å²) in [4.78, 5) is 0. The number of hydrogen-bond donors (Lipinski definition) is 0. The van der Waals surface area contributed by atoms with Gasteiger partial charge in [-0.15, -0.1) is 46.4 Å². The fourth-order valence-electron chi connectivity index (χ4n) is 0.508. The highest BCUT2D eigenvalue weighted by Gasteiger charge is 2.29. The minimum atomic E-state index is -1.55. The Hall–Kier alpha value is 1.38. The van der Waals surface area contributed by atoms with Crippen LogP contribution in [0.3, 0.4) is 0 Å². The average Bonchev–Trinajstić information content (AvgIpc) is 2.01. The van der Waals surface area contributed by atoms with E-state index in [0.717, 1.165) is 6.04 Å². The van der Waals surface area contributed by atoms with E-state index in [9.17, 15) is 0 Å². The highest BCUT2D eigenvalue weighted by molar-refractivity contribution is 6.93. The smallest absolute Gasteiger partial charge is 0.102 e. The summed E-state index contributed by atoms with van der Waals surface area (Å²) in [6.07, 6.45) is 0. The standard InChI is InChI=1S/C5H10Cl4Si/c6-1-2-10(3-7,4-8)5-9/h1-5H2. The molecule has 0 aliphatic rings. The van der Waals surface area contributed by atoms with Crippen molar-refractivity contribution >= 4 is 54.5 Å². The lowest BCUT2D eigenvalue weighted by molar-refractivity contribution is 1.34. The first-order valence-electron chi connectivity index (χ1n) is 2.98. The molecule has 0 amide bonds. The Morgan fingerprint density at radius 3 is 1.30 bits per heavy atom. The predicted octanol–water partition coefficient (Wildman–Crippen LogP) is 3.01. The fraction of sp³-hybridized carbons (Fsp3) is 1.00. The fourth-order valence-corrected chi connectivity index (χ4v) is 6.50. The minimum absolute atomic E-state index is 0.618. The van der Waals surface area contributed by atoms with Gasteiger partial charge >= 0.3 is 0 Å². The third-order valence-electron chi connectivity index (χ3n) is 1.48. The molecule has 0 saturated carbocycles. The first kappa shape index (κ1) is 11.4. The zero-order chi connectivity index (χ0) is 8.04. The minimum Gasteiger partial charge on any atom is -0.130 e. The van der Waals surface area contributed by atoms with Crippen LogP contribution in [0.2, 0.25) is 6.04 Å². The lowest BCUT2D eigenvalue weighted by Gasteiger charge is -2.22. The van der Waals surface area contributed by atoms with Gasteiger partial charge in [0.2, 0.25) is 0 Å². The summed E-state index contributed by atoms with van der Waals surface area (Å²) in [6, 6.07) is 0.922. The summed E-state index contributed by atoms with van der Waals surface area (Å²) < 4.78 is 0. The van der Waals surface area contributed by atoms with Crippen LogP contribution < -0.4 is 0 Å².